The third-order valence-corrected chi connectivity index (χ3v) is 4.78. The Morgan fingerprint density at radius 3 is 2.80 bits per heavy atom. The van der Waals surface area contributed by atoms with Gasteiger partial charge in [-0.25, -0.2) is 8.42 Å². The maximum absolute atomic E-state index is 12.3. The summed E-state index contributed by atoms with van der Waals surface area (Å²) >= 11 is 0. The first-order valence-electron chi connectivity index (χ1n) is 6.19. The van der Waals surface area contributed by atoms with Crippen molar-refractivity contribution < 1.29 is 13.2 Å². The molecular weight excluding hydrogens is 278 g/mol. The van der Waals surface area contributed by atoms with Gasteiger partial charge in [0.1, 0.15) is 0 Å². The van der Waals surface area contributed by atoms with Gasteiger partial charge < -0.3 is 5.32 Å². The lowest BCUT2D eigenvalue weighted by Gasteiger charge is -2.16. The SMILES string of the molecule is CN(CC(=O)NC1CC1)S(=O)(=O)c1cccc(C#N)c1. The van der Waals surface area contributed by atoms with Crippen molar-refractivity contribution >= 4 is 15.9 Å². The monoisotopic (exact) mass is 293 g/mol. The molecule has 7 heteroatoms. The van der Waals surface area contributed by atoms with E-state index in [1.165, 1.54) is 31.3 Å². The van der Waals surface area contributed by atoms with E-state index in [2.05, 4.69) is 5.32 Å². The minimum Gasteiger partial charge on any atom is -0.352 e. The highest BCUT2D eigenvalue weighted by atomic mass is 32.2. The fourth-order valence-corrected chi connectivity index (χ4v) is 2.87. The van der Waals surface area contributed by atoms with E-state index in [0.717, 1.165) is 17.1 Å². The molecule has 1 fully saturated rings. The maximum atomic E-state index is 12.3. The number of nitrogens with zero attached hydrogens (tertiary/aromatic N) is 2. The Morgan fingerprint density at radius 1 is 1.50 bits per heavy atom. The van der Waals surface area contributed by atoms with Crippen molar-refractivity contribution in [1.82, 2.24) is 9.62 Å². The molecule has 2 rings (SSSR count). The lowest BCUT2D eigenvalue weighted by Crippen LogP contribution is -2.39. The van der Waals surface area contributed by atoms with Gasteiger partial charge in [0.2, 0.25) is 15.9 Å². The first-order chi connectivity index (χ1) is 9.43. The van der Waals surface area contributed by atoms with Crippen molar-refractivity contribution in [2.45, 2.75) is 23.8 Å². The van der Waals surface area contributed by atoms with Gasteiger partial charge in [-0.1, -0.05) is 6.07 Å². The minimum absolute atomic E-state index is 0.0123. The second-order valence-corrected chi connectivity index (χ2v) is 6.79. The molecule has 0 unspecified atom stereocenters. The zero-order valence-electron chi connectivity index (χ0n) is 11.0. The molecule has 1 aliphatic carbocycles. The summed E-state index contributed by atoms with van der Waals surface area (Å²) in [4.78, 5) is 11.6. The van der Waals surface area contributed by atoms with Crippen LogP contribution in [0.5, 0.6) is 0 Å². The number of likely N-dealkylation sites (N-methyl/N-ethyl adjacent to an activating group) is 1. The summed E-state index contributed by atoms with van der Waals surface area (Å²) in [7, 11) is -2.41. The summed E-state index contributed by atoms with van der Waals surface area (Å²) in [6.07, 6.45) is 1.90. The predicted octanol–water partition coefficient (Wildman–Crippen LogP) is 0.457. The average Bonchev–Trinajstić information content (AvgIpc) is 3.22. The molecule has 0 heterocycles. The number of nitrogens with one attached hydrogen (secondary N) is 1. The largest absolute Gasteiger partial charge is 0.352 e. The van der Waals surface area contributed by atoms with Gasteiger partial charge >= 0.3 is 0 Å². The van der Waals surface area contributed by atoms with Crippen LogP contribution < -0.4 is 5.32 Å². The van der Waals surface area contributed by atoms with Gasteiger partial charge in [0.25, 0.3) is 0 Å². The molecule has 0 spiro atoms. The first-order valence-corrected chi connectivity index (χ1v) is 7.63. The third kappa shape index (κ3) is 3.35. The number of hydrogen-bond donors (Lipinski definition) is 1. The molecule has 20 heavy (non-hydrogen) atoms. The second-order valence-electron chi connectivity index (χ2n) is 4.74. The van der Waals surface area contributed by atoms with Gasteiger partial charge in [-0.05, 0) is 31.0 Å². The zero-order valence-corrected chi connectivity index (χ0v) is 11.9. The van der Waals surface area contributed by atoms with Gasteiger partial charge in [-0.3, -0.25) is 4.79 Å². The topological polar surface area (TPSA) is 90.3 Å². The molecule has 1 saturated carbocycles. The van der Waals surface area contributed by atoms with Crippen LogP contribution in [0.1, 0.15) is 18.4 Å². The smallest absolute Gasteiger partial charge is 0.243 e. The molecule has 0 saturated heterocycles. The fourth-order valence-electron chi connectivity index (χ4n) is 1.69. The van der Waals surface area contributed by atoms with E-state index in [-0.39, 0.29) is 29.0 Å². The zero-order chi connectivity index (χ0) is 14.8. The van der Waals surface area contributed by atoms with Crippen LogP contribution in [0.15, 0.2) is 29.2 Å². The summed E-state index contributed by atoms with van der Waals surface area (Å²) in [6, 6.07) is 7.82. The van der Waals surface area contributed by atoms with Gasteiger partial charge in [-0.15, -0.1) is 0 Å². The molecule has 0 radical (unpaired) electrons. The van der Waals surface area contributed by atoms with Crippen molar-refractivity contribution in [1.29, 1.82) is 5.26 Å². The molecule has 6 nitrogen and oxygen atoms in total. The second kappa shape index (κ2) is 5.61. The van der Waals surface area contributed by atoms with Crippen molar-refractivity contribution in [3.63, 3.8) is 0 Å². The highest BCUT2D eigenvalue weighted by Gasteiger charge is 2.27. The molecule has 1 N–H and O–H groups in total. The van der Waals surface area contributed by atoms with E-state index >= 15 is 0 Å². The average molecular weight is 293 g/mol. The van der Waals surface area contributed by atoms with Crippen LogP contribution in [0.3, 0.4) is 0 Å². The van der Waals surface area contributed by atoms with E-state index < -0.39 is 10.0 Å². The first kappa shape index (κ1) is 14.5. The Hall–Kier alpha value is -1.91. The van der Waals surface area contributed by atoms with Crippen LogP contribution in [-0.2, 0) is 14.8 Å². The van der Waals surface area contributed by atoms with E-state index in [0.29, 0.717) is 0 Å². The Labute approximate surface area is 118 Å². The number of carbonyl (C=O) groups excluding carboxylic acids is 1. The van der Waals surface area contributed by atoms with Crippen LogP contribution in [0, 0.1) is 11.3 Å². The van der Waals surface area contributed by atoms with Crippen LogP contribution in [0.2, 0.25) is 0 Å². The van der Waals surface area contributed by atoms with Crippen molar-refractivity contribution in [2.75, 3.05) is 13.6 Å². The summed E-state index contributed by atoms with van der Waals surface area (Å²) < 4.78 is 25.5. The van der Waals surface area contributed by atoms with Crippen molar-refractivity contribution in [2.24, 2.45) is 0 Å². The molecule has 0 atom stereocenters. The van der Waals surface area contributed by atoms with Gasteiger partial charge in [0.15, 0.2) is 0 Å². The summed E-state index contributed by atoms with van der Waals surface area (Å²) in [5.74, 6) is -0.310. The van der Waals surface area contributed by atoms with Crippen LogP contribution in [0.25, 0.3) is 0 Å². The number of amides is 1. The standard InChI is InChI=1S/C13H15N3O3S/c1-16(9-13(17)15-11-5-6-11)20(18,19)12-4-2-3-10(7-12)8-14/h2-4,7,11H,5-6,9H2,1H3,(H,15,17). The highest BCUT2D eigenvalue weighted by Crippen LogP contribution is 2.19. The number of nitriles is 1. The molecular formula is C13H15N3O3S. The minimum atomic E-state index is -3.76. The Kier molecular flexibility index (Phi) is 4.06. The van der Waals surface area contributed by atoms with E-state index in [9.17, 15) is 13.2 Å². The number of carbonyl (C=O) groups is 1. The molecule has 1 amide bonds. The number of rotatable bonds is 5. The normalized spacial score (nSPS) is 14.8. The van der Waals surface area contributed by atoms with Crippen LogP contribution in [-0.4, -0.2) is 38.3 Å². The lowest BCUT2D eigenvalue weighted by atomic mass is 10.2. The summed E-state index contributed by atoms with van der Waals surface area (Å²) in [6.45, 7) is -0.227. The molecule has 0 bridgehead atoms. The van der Waals surface area contributed by atoms with Gasteiger partial charge in [0, 0.05) is 13.1 Å². The summed E-state index contributed by atoms with van der Waals surface area (Å²) in [5.41, 5.74) is 0.266. The van der Waals surface area contributed by atoms with E-state index in [1.807, 2.05) is 6.07 Å². The lowest BCUT2D eigenvalue weighted by molar-refractivity contribution is -0.121. The molecule has 1 aromatic rings. The Balaban J connectivity index is 2.11. The Morgan fingerprint density at radius 2 is 2.20 bits per heavy atom. The molecule has 106 valence electrons. The Bertz CT molecular complexity index is 660. The molecule has 0 aromatic heterocycles. The van der Waals surface area contributed by atoms with Gasteiger partial charge in [-0.2, -0.15) is 9.57 Å². The van der Waals surface area contributed by atoms with Gasteiger partial charge in [0.05, 0.1) is 23.1 Å². The summed E-state index contributed by atoms with van der Waals surface area (Å²) in [5, 5.41) is 11.5. The van der Waals surface area contributed by atoms with Crippen LogP contribution in [0.4, 0.5) is 0 Å². The molecule has 0 aliphatic heterocycles. The van der Waals surface area contributed by atoms with E-state index in [4.69, 9.17) is 5.26 Å². The van der Waals surface area contributed by atoms with Crippen molar-refractivity contribution in [3.8, 4) is 6.07 Å². The van der Waals surface area contributed by atoms with E-state index in [1.54, 1.807) is 0 Å². The van der Waals surface area contributed by atoms with Crippen LogP contribution >= 0.6 is 0 Å². The molecule has 1 aliphatic rings. The number of hydrogen-bond acceptors (Lipinski definition) is 4. The fraction of sp³-hybridized carbons (Fsp3) is 0.385. The van der Waals surface area contributed by atoms with Crippen molar-refractivity contribution in [3.05, 3.63) is 29.8 Å². The maximum Gasteiger partial charge on any atom is 0.243 e. The number of benzene rings is 1. The third-order valence-electron chi connectivity index (χ3n) is 2.98. The highest BCUT2D eigenvalue weighted by molar-refractivity contribution is 7.89. The predicted molar refractivity (Wildman–Crippen MR) is 72.1 cm³/mol. The number of sulfonamides is 1. The quantitative estimate of drug-likeness (QED) is 0.853. The molecule has 1 aromatic carbocycles.